The highest BCUT2D eigenvalue weighted by Crippen LogP contribution is 2.26. The van der Waals surface area contributed by atoms with Crippen LogP contribution in [0.2, 0.25) is 0 Å². The number of allylic oxidation sites excluding steroid dienone is 2. The highest BCUT2D eigenvalue weighted by molar-refractivity contribution is 9.10. The average molecular weight is 598 g/mol. The van der Waals surface area contributed by atoms with Crippen LogP contribution in [0.4, 0.5) is 10.6 Å². The van der Waals surface area contributed by atoms with Gasteiger partial charge in [-0.3, -0.25) is 9.47 Å². The lowest BCUT2D eigenvalue weighted by molar-refractivity contribution is -0.0800. The van der Waals surface area contributed by atoms with Gasteiger partial charge in [0.25, 0.3) is 0 Å². The Morgan fingerprint density at radius 1 is 1.32 bits per heavy atom. The molecule has 2 unspecified atom stereocenters. The van der Waals surface area contributed by atoms with E-state index >= 15 is 0 Å². The quantitative estimate of drug-likeness (QED) is 0.198. The van der Waals surface area contributed by atoms with Gasteiger partial charge in [-0.15, -0.1) is 0 Å². The largest absolute Gasteiger partial charge is 0.463 e. The number of hydrogen-bond acceptors (Lipinski definition) is 11. The van der Waals surface area contributed by atoms with Crippen LogP contribution in [0.1, 0.15) is 27.2 Å². The third-order valence-corrected chi connectivity index (χ3v) is 5.98. The molecule has 13 nitrogen and oxygen atoms in total. The Labute approximate surface area is 230 Å². The topological polar surface area (TPSA) is 153 Å². The predicted octanol–water partition coefficient (Wildman–Crippen LogP) is 2.07. The molecule has 3 rings (SSSR count). The summed E-state index contributed by atoms with van der Waals surface area (Å²) in [4.78, 5) is 28.6. The number of nitrogens with two attached hydrogens (primary N) is 1. The molecular formula is C24H37BrN8O5. The highest BCUT2D eigenvalue weighted by Gasteiger charge is 2.20. The number of anilines is 1. The molecule has 0 aliphatic carbocycles. The number of halogens is 1. The Hall–Kier alpha value is -2.94. The minimum Gasteiger partial charge on any atom is -0.463 e. The first-order valence-electron chi connectivity index (χ1n) is 12.2. The predicted molar refractivity (Wildman–Crippen MR) is 146 cm³/mol. The monoisotopic (exact) mass is 596 g/mol. The molecule has 0 saturated carbocycles. The number of aliphatic hydroxyl groups is 1. The normalized spacial score (nSPS) is 16.6. The summed E-state index contributed by atoms with van der Waals surface area (Å²) in [6, 6.07) is 0.124. The molecule has 1 aliphatic heterocycles. The number of ether oxygens (including phenoxy) is 3. The molecule has 0 fully saturated rings. The molecule has 0 aromatic carbocycles. The summed E-state index contributed by atoms with van der Waals surface area (Å²) < 4.78 is 19.1. The molecule has 14 heteroatoms. The molecule has 210 valence electrons. The molecule has 3 heterocycles. The standard InChI is InChI=1S/C24H37BrN8O5/c1-24(2,3)38-23(35)27-10-7-11-36-22-29-19(26)18-20(30-22)33(21(25)28-18)13-15-8-9-17(32(6)12-15)37-14-16(34)31(4)5/h8-9,12,16-17,34H,7,10-11,13-14H2,1-6H3,(H,27,35)(H2,26,29,30). The summed E-state index contributed by atoms with van der Waals surface area (Å²) in [6.45, 7) is 6.72. The van der Waals surface area contributed by atoms with Gasteiger partial charge >= 0.3 is 12.1 Å². The number of nitrogens with one attached hydrogen (secondary N) is 1. The van der Waals surface area contributed by atoms with Crippen LogP contribution in [-0.4, -0.2) is 99.5 Å². The molecule has 0 saturated heterocycles. The van der Waals surface area contributed by atoms with Crippen molar-refractivity contribution >= 4 is 39.0 Å². The summed E-state index contributed by atoms with van der Waals surface area (Å²) >= 11 is 3.50. The van der Waals surface area contributed by atoms with E-state index in [4.69, 9.17) is 19.9 Å². The van der Waals surface area contributed by atoms with Gasteiger partial charge in [0, 0.05) is 19.8 Å². The van der Waals surface area contributed by atoms with Crippen molar-refractivity contribution in [3.05, 3.63) is 28.7 Å². The highest BCUT2D eigenvalue weighted by atomic mass is 79.9. The molecule has 4 N–H and O–H groups in total. The number of hydrogen-bond donors (Lipinski definition) is 3. The van der Waals surface area contributed by atoms with Gasteiger partial charge < -0.3 is 35.3 Å². The minimum absolute atomic E-state index is 0.124. The van der Waals surface area contributed by atoms with Gasteiger partial charge in [0.2, 0.25) is 0 Å². The van der Waals surface area contributed by atoms with Crippen molar-refractivity contribution in [1.82, 2.24) is 34.6 Å². The lowest BCUT2D eigenvalue weighted by Gasteiger charge is -2.30. The number of likely N-dealkylation sites (N-methyl/N-ethyl adjacent to an activating group) is 2. The number of carbonyl (C=O) groups excluding carboxylic acids is 1. The average Bonchev–Trinajstić information content (AvgIpc) is 3.12. The fraction of sp³-hybridized carbons (Fsp3) is 0.583. The Morgan fingerprint density at radius 2 is 2.05 bits per heavy atom. The van der Waals surface area contributed by atoms with E-state index in [-0.39, 0.29) is 31.3 Å². The maximum absolute atomic E-state index is 11.7. The van der Waals surface area contributed by atoms with Crippen molar-refractivity contribution in [1.29, 1.82) is 0 Å². The fourth-order valence-corrected chi connectivity index (χ4v) is 3.89. The van der Waals surface area contributed by atoms with Crippen LogP contribution in [0.25, 0.3) is 11.2 Å². The number of amides is 1. The SMILES string of the molecule is CN(C)C(O)COC1C=CC(Cn2c(Br)nc3c(N)nc(OCCCNC(=O)OC(C)(C)C)nc32)=CN1C. The first-order chi connectivity index (χ1) is 17.8. The second-order valence-electron chi connectivity index (χ2n) is 10.1. The van der Waals surface area contributed by atoms with Gasteiger partial charge in [-0.1, -0.05) is 6.08 Å². The van der Waals surface area contributed by atoms with Crippen LogP contribution in [0.5, 0.6) is 6.01 Å². The minimum atomic E-state index is -0.682. The summed E-state index contributed by atoms with van der Waals surface area (Å²) in [6.07, 6.45) is 4.93. The number of aromatic nitrogens is 4. The van der Waals surface area contributed by atoms with Crippen molar-refractivity contribution in [2.45, 2.75) is 51.8 Å². The van der Waals surface area contributed by atoms with E-state index in [9.17, 15) is 9.90 Å². The van der Waals surface area contributed by atoms with E-state index in [0.29, 0.717) is 35.4 Å². The van der Waals surface area contributed by atoms with Crippen molar-refractivity contribution < 1.29 is 24.1 Å². The third-order valence-electron chi connectivity index (χ3n) is 5.37. The zero-order chi connectivity index (χ0) is 28.0. The van der Waals surface area contributed by atoms with Gasteiger partial charge in [-0.05, 0) is 68.9 Å². The van der Waals surface area contributed by atoms with Crippen LogP contribution >= 0.6 is 15.9 Å². The van der Waals surface area contributed by atoms with Crippen molar-refractivity contribution in [2.24, 2.45) is 0 Å². The Balaban J connectivity index is 1.61. The van der Waals surface area contributed by atoms with E-state index in [1.165, 1.54) is 0 Å². The molecule has 38 heavy (non-hydrogen) atoms. The number of aliphatic hydroxyl groups excluding tert-OH is 1. The molecule has 0 spiro atoms. The molecule has 1 aliphatic rings. The number of rotatable bonds is 11. The van der Waals surface area contributed by atoms with E-state index in [2.05, 4.69) is 36.2 Å². The summed E-state index contributed by atoms with van der Waals surface area (Å²) in [5.74, 6) is 0.203. The Bertz CT molecular complexity index is 1180. The maximum atomic E-state index is 11.7. The summed E-state index contributed by atoms with van der Waals surface area (Å²) in [7, 11) is 5.48. The molecule has 2 aromatic heterocycles. The van der Waals surface area contributed by atoms with Crippen LogP contribution in [0.3, 0.4) is 0 Å². The summed E-state index contributed by atoms with van der Waals surface area (Å²) in [5.41, 5.74) is 7.55. The van der Waals surface area contributed by atoms with E-state index in [1.807, 2.05) is 34.9 Å². The number of alkyl carbamates (subject to hydrolysis) is 1. The van der Waals surface area contributed by atoms with E-state index in [0.717, 1.165) is 5.57 Å². The zero-order valence-corrected chi connectivity index (χ0v) is 24.2. The molecule has 2 atom stereocenters. The van der Waals surface area contributed by atoms with Gasteiger partial charge in [0.05, 0.1) is 19.8 Å². The molecule has 0 bridgehead atoms. The number of carbonyl (C=O) groups is 1. The van der Waals surface area contributed by atoms with Crippen molar-refractivity contribution in [3.8, 4) is 6.01 Å². The fourth-order valence-electron chi connectivity index (χ4n) is 3.42. The lowest BCUT2D eigenvalue weighted by atomic mass is 10.2. The first-order valence-corrected chi connectivity index (χ1v) is 13.0. The number of nitrogen functional groups attached to an aromatic ring is 1. The number of imidazole rings is 1. The smallest absolute Gasteiger partial charge is 0.407 e. The van der Waals surface area contributed by atoms with Gasteiger partial charge in [-0.25, -0.2) is 9.78 Å². The van der Waals surface area contributed by atoms with Crippen LogP contribution < -0.4 is 15.8 Å². The molecule has 0 radical (unpaired) electrons. The van der Waals surface area contributed by atoms with E-state index < -0.39 is 17.9 Å². The second-order valence-corrected chi connectivity index (χ2v) is 10.8. The number of fused-ring (bicyclic) bond motifs is 1. The van der Waals surface area contributed by atoms with Crippen molar-refractivity contribution in [2.75, 3.05) is 46.6 Å². The van der Waals surface area contributed by atoms with Gasteiger partial charge in [0.15, 0.2) is 21.7 Å². The molecule has 2 aromatic rings. The Morgan fingerprint density at radius 3 is 2.71 bits per heavy atom. The van der Waals surface area contributed by atoms with E-state index in [1.54, 1.807) is 39.8 Å². The Kier molecular flexibility index (Phi) is 9.93. The first kappa shape index (κ1) is 29.6. The maximum Gasteiger partial charge on any atom is 0.407 e. The van der Waals surface area contributed by atoms with Crippen LogP contribution in [-0.2, 0) is 16.0 Å². The zero-order valence-electron chi connectivity index (χ0n) is 22.6. The molecule has 1 amide bonds. The number of nitrogens with zero attached hydrogens (tertiary/aromatic N) is 6. The third kappa shape index (κ3) is 8.28. The van der Waals surface area contributed by atoms with Crippen LogP contribution in [0.15, 0.2) is 28.7 Å². The second kappa shape index (κ2) is 12.7. The van der Waals surface area contributed by atoms with Crippen LogP contribution in [0, 0.1) is 0 Å². The molecular weight excluding hydrogens is 560 g/mol. The van der Waals surface area contributed by atoms with Gasteiger partial charge in [0.1, 0.15) is 18.1 Å². The summed E-state index contributed by atoms with van der Waals surface area (Å²) in [5, 5.41) is 12.6. The lowest BCUT2D eigenvalue weighted by Crippen LogP contribution is -2.37. The van der Waals surface area contributed by atoms with Crippen molar-refractivity contribution in [3.63, 3.8) is 0 Å². The van der Waals surface area contributed by atoms with Gasteiger partial charge in [-0.2, -0.15) is 9.97 Å².